The number of piperidine rings is 1. The molecule has 1 N–H and O–H groups in total. The van der Waals surface area contributed by atoms with E-state index in [1.165, 1.54) is 13.4 Å². The van der Waals surface area contributed by atoms with E-state index in [1.807, 2.05) is 0 Å². The molecule has 2 aromatic rings. The molecule has 8 heteroatoms. The fraction of sp³-hybridized carbons (Fsp3) is 0.333. The second-order valence-corrected chi connectivity index (χ2v) is 6.77. The van der Waals surface area contributed by atoms with Gasteiger partial charge in [-0.1, -0.05) is 23.2 Å². The average molecular weight is 397 g/mol. The average Bonchev–Trinajstić information content (AvgIpc) is 3.18. The van der Waals surface area contributed by atoms with Crippen molar-refractivity contribution < 1.29 is 18.7 Å². The van der Waals surface area contributed by atoms with Crippen molar-refractivity contribution in [2.45, 2.75) is 18.9 Å². The van der Waals surface area contributed by atoms with Crippen LogP contribution in [0.2, 0.25) is 10.0 Å². The number of amides is 2. The lowest BCUT2D eigenvalue weighted by Crippen LogP contribution is -2.46. The van der Waals surface area contributed by atoms with Gasteiger partial charge in [0, 0.05) is 19.1 Å². The molecule has 0 spiro atoms. The topological polar surface area (TPSA) is 71.8 Å². The van der Waals surface area contributed by atoms with Gasteiger partial charge in [0.1, 0.15) is 5.56 Å². The summed E-state index contributed by atoms with van der Waals surface area (Å²) in [5.41, 5.74) is 0.218. The van der Waals surface area contributed by atoms with Gasteiger partial charge in [-0.15, -0.1) is 0 Å². The van der Waals surface area contributed by atoms with Crippen LogP contribution in [0.15, 0.2) is 34.9 Å². The molecule has 1 aromatic heterocycles. The Morgan fingerprint density at radius 1 is 1.19 bits per heavy atom. The number of carbonyl (C=O) groups excluding carboxylic acids is 2. The van der Waals surface area contributed by atoms with Crippen LogP contribution in [0.3, 0.4) is 0 Å². The van der Waals surface area contributed by atoms with Gasteiger partial charge < -0.3 is 19.4 Å². The van der Waals surface area contributed by atoms with Crippen molar-refractivity contribution in [1.29, 1.82) is 0 Å². The molecule has 3 rings (SSSR count). The molecule has 1 saturated heterocycles. The molecule has 0 aliphatic carbocycles. The van der Waals surface area contributed by atoms with E-state index in [-0.39, 0.29) is 34.2 Å². The summed E-state index contributed by atoms with van der Waals surface area (Å²) in [6.07, 6.45) is 2.75. The molecule has 2 heterocycles. The Bertz CT molecular complexity index is 800. The number of ether oxygens (including phenoxy) is 1. The van der Waals surface area contributed by atoms with Crippen molar-refractivity contribution in [1.82, 2.24) is 10.2 Å². The Morgan fingerprint density at radius 2 is 1.88 bits per heavy atom. The van der Waals surface area contributed by atoms with E-state index in [2.05, 4.69) is 5.32 Å². The molecule has 1 fully saturated rings. The Balaban J connectivity index is 1.62. The number of rotatable bonds is 4. The summed E-state index contributed by atoms with van der Waals surface area (Å²) >= 11 is 12.2. The van der Waals surface area contributed by atoms with Gasteiger partial charge in [-0.05, 0) is 37.1 Å². The molecule has 0 radical (unpaired) electrons. The molecule has 0 atom stereocenters. The third kappa shape index (κ3) is 3.81. The summed E-state index contributed by atoms with van der Waals surface area (Å²) in [5.74, 6) is 0.0922. The summed E-state index contributed by atoms with van der Waals surface area (Å²) in [4.78, 5) is 26.6. The SMILES string of the molecule is COc1c(Cl)ccc(Cl)c1C(=O)NC1CCN(C(=O)c2ccco2)CC1. The molecule has 0 saturated carbocycles. The molecular weight excluding hydrogens is 379 g/mol. The zero-order valence-corrected chi connectivity index (χ0v) is 15.6. The summed E-state index contributed by atoms with van der Waals surface area (Å²) in [5, 5.41) is 3.54. The maximum atomic E-state index is 12.6. The number of furan rings is 1. The number of benzene rings is 1. The van der Waals surface area contributed by atoms with Crippen LogP contribution in [0.4, 0.5) is 0 Å². The third-order valence-corrected chi connectivity index (χ3v) is 4.95. The maximum Gasteiger partial charge on any atom is 0.289 e. The minimum atomic E-state index is -0.342. The van der Waals surface area contributed by atoms with Crippen LogP contribution in [0, 0.1) is 0 Å². The summed E-state index contributed by atoms with van der Waals surface area (Å²) in [7, 11) is 1.44. The van der Waals surface area contributed by atoms with Crippen molar-refractivity contribution >= 4 is 35.0 Å². The van der Waals surface area contributed by atoms with Gasteiger partial charge in [0.25, 0.3) is 11.8 Å². The Labute approximate surface area is 161 Å². The van der Waals surface area contributed by atoms with E-state index in [0.717, 1.165) is 0 Å². The number of methoxy groups -OCH3 is 1. The van der Waals surface area contributed by atoms with Crippen LogP contribution in [0.25, 0.3) is 0 Å². The van der Waals surface area contributed by atoms with Gasteiger partial charge in [0.15, 0.2) is 11.5 Å². The van der Waals surface area contributed by atoms with Crippen LogP contribution in [0.5, 0.6) is 5.75 Å². The molecule has 1 aliphatic heterocycles. The first-order valence-electron chi connectivity index (χ1n) is 8.17. The number of hydrogen-bond donors (Lipinski definition) is 1. The molecule has 1 aliphatic rings. The number of nitrogens with one attached hydrogen (secondary N) is 1. The smallest absolute Gasteiger partial charge is 0.289 e. The van der Waals surface area contributed by atoms with Gasteiger partial charge in [0.2, 0.25) is 0 Å². The highest BCUT2D eigenvalue weighted by Crippen LogP contribution is 2.34. The lowest BCUT2D eigenvalue weighted by atomic mass is 10.0. The molecule has 2 amide bonds. The predicted molar refractivity (Wildman–Crippen MR) is 98.1 cm³/mol. The van der Waals surface area contributed by atoms with Gasteiger partial charge in [-0.25, -0.2) is 0 Å². The zero-order chi connectivity index (χ0) is 18.7. The van der Waals surface area contributed by atoms with E-state index in [0.29, 0.717) is 36.7 Å². The molecule has 1 aromatic carbocycles. The van der Waals surface area contributed by atoms with Crippen LogP contribution < -0.4 is 10.1 Å². The number of hydrogen-bond acceptors (Lipinski definition) is 4. The highest BCUT2D eigenvalue weighted by molar-refractivity contribution is 6.37. The molecule has 0 unspecified atom stereocenters. The quantitative estimate of drug-likeness (QED) is 0.856. The van der Waals surface area contributed by atoms with Gasteiger partial charge in [0.05, 0.1) is 23.4 Å². The van der Waals surface area contributed by atoms with Gasteiger partial charge in [-0.3, -0.25) is 9.59 Å². The largest absolute Gasteiger partial charge is 0.494 e. The Morgan fingerprint density at radius 3 is 2.50 bits per heavy atom. The van der Waals surface area contributed by atoms with E-state index in [1.54, 1.807) is 29.2 Å². The normalized spacial score (nSPS) is 15.0. The standard InChI is InChI=1S/C18H18Cl2N2O4/c1-25-16-13(20)5-4-12(19)15(16)17(23)21-11-6-8-22(9-7-11)18(24)14-3-2-10-26-14/h2-5,10-11H,6-9H2,1H3,(H,21,23). The summed E-state index contributed by atoms with van der Waals surface area (Å²) in [6, 6.07) is 6.40. The van der Waals surface area contributed by atoms with Gasteiger partial charge in [-0.2, -0.15) is 0 Å². The fourth-order valence-electron chi connectivity index (χ4n) is 2.98. The van der Waals surface area contributed by atoms with E-state index in [4.69, 9.17) is 32.4 Å². The van der Waals surface area contributed by atoms with E-state index in [9.17, 15) is 9.59 Å². The fourth-order valence-corrected chi connectivity index (χ4v) is 3.45. The first-order chi connectivity index (χ1) is 12.5. The summed E-state index contributed by atoms with van der Waals surface area (Å²) in [6.45, 7) is 1.07. The molecule has 138 valence electrons. The lowest BCUT2D eigenvalue weighted by Gasteiger charge is -2.32. The Hall–Kier alpha value is -2.18. The van der Waals surface area contributed by atoms with Crippen molar-refractivity contribution in [2.24, 2.45) is 0 Å². The van der Waals surface area contributed by atoms with Crippen LogP contribution in [0.1, 0.15) is 33.8 Å². The number of nitrogens with zero attached hydrogens (tertiary/aromatic N) is 1. The second-order valence-electron chi connectivity index (χ2n) is 5.95. The molecule has 26 heavy (non-hydrogen) atoms. The highest BCUT2D eigenvalue weighted by Gasteiger charge is 2.27. The lowest BCUT2D eigenvalue weighted by molar-refractivity contribution is 0.0667. The minimum Gasteiger partial charge on any atom is -0.494 e. The number of carbonyl (C=O) groups is 2. The maximum absolute atomic E-state index is 12.6. The van der Waals surface area contributed by atoms with Crippen molar-refractivity contribution in [3.63, 3.8) is 0 Å². The Kier molecular flexibility index (Phi) is 5.74. The third-order valence-electron chi connectivity index (χ3n) is 4.34. The van der Waals surface area contributed by atoms with E-state index < -0.39 is 0 Å². The van der Waals surface area contributed by atoms with Crippen molar-refractivity contribution in [3.8, 4) is 5.75 Å². The zero-order valence-electron chi connectivity index (χ0n) is 14.1. The first-order valence-corrected chi connectivity index (χ1v) is 8.92. The second kappa shape index (κ2) is 8.01. The van der Waals surface area contributed by atoms with Crippen LogP contribution in [-0.4, -0.2) is 43.0 Å². The first kappa shape index (κ1) is 18.6. The minimum absolute atomic E-state index is 0.0668. The van der Waals surface area contributed by atoms with Crippen molar-refractivity contribution in [3.05, 3.63) is 51.9 Å². The van der Waals surface area contributed by atoms with Crippen molar-refractivity contribution in [2.75, 3.05) is 20.2 Å². The highest BCUT2D eigenvalue weighted by atomic mass is 35.5. The van der Waals surface area contributed by atoms with Crippen LogP contribution >= 0.6 is 23.2 Å². The molecule has 0 bridgehead atoms. The summed E-state index contributed by atoms with van der Waals surface area (Å²) < 4.78 is 10.4. The predicted octanol–water partition coefficient (Wildman–Crippen LogP) is 3.63. The number of halogens is 2. The number of likely N-dealkylation sites (tertiary alicyclic amines) is 1. The molecule has 6 nitrogen and oxygen atoms in total. The van der Waals surface area contributed by atoms with E-state index >= 15 is 0 Å². The molecular formula is C18H18Cl2N2O4. The van der Waals surface area contributed by atoms with Gasteiger partial charge >= 0.3 is 0 Å². The monoisotopic (exact) mass is 396 g/mol. The van der Waals surface area contributed by atoms with Crippen LogP contribution in [-0.2, 0) is 0 Å².